The average molecular weight is 387 g/mol. The zero-order valence-corrected chi connectivity index (χ0v) is 15.7. The summed E-state index contributed by atoms with van der Waals surface area (Å²) < 4.78 is 28.1. The van der Waals surface area contributed by atoms with E-state index < -0.39 is 15.6 Å². The molecule has 1 saturated heterocycles. The van der Waals surface area contributed by atoms with Gasteiger partial charge in [0.15, 0.2) is 0 Å². The maximum Gasteiger partial charge on any atom is 0.251 e. The summed E-state index contributed by atoms with van der Waals surface area (Å²) in [7, 11) is -3.63. The van der Waals surface area contributed by atoms with Crippen LogP contribution in [0.3, 0.4) is 0 Å². The van der Waals surface area contributed by atoms with Gasteiger partial charge in [0.1, 0.15) is 6.54 Å². The Bertz CT molecular complexity index is 1040. The molecule has 1 fully saturated rings. The number of carbonyl (C=O) groups excluding carboxylic acids is 1. The molecular weight excluding hydrogens is 366 g/mol. The topological polar surface area (TPSA) is 79.7 Å². The minimum Gasteiger partial charge on any atom is -0.310 e. The molecule has 27 heavy (non-hydrogen) atoms. The summed E-state index contributed by atoms with van der Waals surface area (Å²) in [5, 5.41) is 0. The number of para-hydroxylation sites is 1. The summed E-state index contributed by atoms with van der Waals surface area (Å²) in [6, 6.07) is 10.2. The molecule has 1 aromatic carbocycles. The summed E-state index contributed by atoms with van der Waals surface area (Å²) in [5.41, 5.74) is 1.57. The monoisotopic (exact) mass is 387 g/mol. The van der Waals surface area contributed by atoms with E-state index in [1.165, 1.54) is 27.2 Å². The third-order valence-corrected chi connectivity index (χ3v) is 7.04. The maximum atomic E-state index is 12.8. The van der Waals surface area contributed by atoms with Gasteiger partial charge in [-0.3, -0.25) is 9.59 Å². The predicted octanol–water partition coefficient (Wildman–Crippen LogP) is 1.22. The van der Waals surface area contributed by atoms with Gasteiger partial charge < -0.3 is 9.47 Å². The average Bonchev–Trinajstić information content (AvgIpc) is 3.33. The highest BCUT2D eigenvalue weighted by atomic mass is 32.2. The molecule has 0 spiro atoms. The Labute approximate surface area is 157 Å². The third-order valence-electron chi connectivity index (χ3n) is 5.15. The number of carbonyl (C=O) groups is 1. The van der Waals surface area contributed by atoms with Gasteiger partial charge in [-0.05, 0) is 37.0 Å². The van der Waals surface area contributed by atoms with Crippen LogP contribution in [0.1, 0.15) is 18.4 Å². The van der Waals surface area contributed by atoms with Crippen molar-refractivity contribution in [3.8, 4) is 0 Å². The molecule has 1 aromatic heterocycles. The summed E-state index contributed by atoms with van der Waals surface area (Å²) in [6.07, 6.45) is 3.74. The predicted molar refractivity (Wildman–Crippen MR) is 101 cm³/mol. The number of rotatable bonds is 4. The minimum absolute atomic E-state index is 0.0543. The molecule has 2 aliphatic heterocycles. The van der Waals surface area contributed by atoms with Crippen LogP contribution < -0.4 is 10.5 Å². The molecule has 1 amide bonds. The lowest BCUT2D eigenvalue weighted by Gasteiger charge is -2.19. The number of hydrogen-bond acceptors (Lipinski definition) is 4. The van der Waals surface area contributed by atoms with E-state index in [1.807, 2.05) is 24.3 Å². The van der Waals surface area contributed by atoms with E-state index in [9.17, 15) is 18.0 Å². The quantitative estimate of drug-likeness (QED) is 0.790. The second kappa shape index (κ2) is 6.94. The first kappa shape index (κ1) is 17.9. The number of sulfonamides is 1. The molecule has 3 heterocycles. The summed E-state index contributed by atoms with van der Waals surface area (Å²) in [5.74, 6) is -0.224. The van der Waals surface area contributed by atoms with E-state index >= 15 is 0 Å². The van der Waals surface area contributed by atoms with Gasteiger partial charge in [0.25, 0.3) is 5.56 Å². The van der Waals surface area contributed by atoms with Crippen LogP contribution in [0.15, 0.2) is 52.3 Å². The molecule has 0 N–H and O–H groups in total. The highest BCUT2D eigenvalue weighted by Gasteiger charge is 2.28. The SMILES string of the molecule is O=C(Cn1cc(S(=O)(=O)N2CCCC2)ccc1=O)N1CCc2ccccc21. The van der Waals surface area contributed by atoms with Crippen molar-refractivity contribution in [3.05, 3.63) is 58.5 Å². The van der Waals surface area contributed by atoms with Gasteiger partial charge >= 0.3 is 0 Å². The van der Waals surface area contributed by atoms with Crippen molar-refractivity contribution in [2.45, 2.75) is 30.7 Å². The molecule has 0 bridgehead atoms. The van der Waals surface area contributed by atoms with Crippen LogP contribution in [0, 0.1) is 0 Å². The van der Waals surface area contributed by atoms with Crippen molar-refractivity contribution in [2.24, 2.45) is 0 Å². The Kier molecular flexibility index (Phi) is 4.61. The van der Waals surface area contributed by atoms with Crippen LogP contribution in [0.2, 0.25) is 0 Å². The zero-order valence-electron chi connectivity index (χ0n) is 14.9. The molecule has 7 nitrogen and oxygen atoms in total. The number of benzene rings is 1. The van der Waals surface area contributed by atoms with E-state index in [4.69, 9.17) is 0 Å². The van der Waals surface area contributed by atoms with Gasteiger partial charge in [-0.15, -0.1) is 0 Å². The Morgan fingerprint density at radius 2 is 1.74 bits per heavy atom. The van der Waals surface area contributed by atoms with E-state index in [0.29, 0.717) is 19.6 Å². The largest absolute Gasteiger partial charge is 0.310 e. The number of amides is 1. The third kappa shape index (κ3) is 3.30. The van der Waals surface area contributed by atoms with Crippen molar-refractivity contribution >= 4 is 21.6 Å². The highest BCUT2D eigenvalue weighted by Crippen LogP contribution is 2.27. The number of anilines is 1. The molecule has 2 aromatic rings. The molecule has 142 valence electrons. The van der Waals surface area contributed by atoms with E-state index in [0.717, 1.165) is 30.5 Å². The van der Waals surface area contributed by atoms with Gasteiger partial charge in [0.2, 0.25) is 15.9 Å². The lowest BCUT2D eigenvalue weighted by Crippen LogP contribution is -2.36. The van der Waals surface area contributed by atoms with Crippen molar-refractivity contribution in [1.82, 2.24) is 8.87 Å². The molecule has 0 unspecified atom stereocenters. The van der Waals surface area contributed by atoms with Gasteiger partial charge in [0.05, 0.1) is 4.90 Å². The second-order valence-electron chi connectivity index (χ2n) is 6.87. The first-order valence-corrected chi connectivity index (χ1v) is 10.5. The summed E-state index contributed by atoms with van der Waals surface area (Å²) in [6.45, 7) is 1.37. The number of hydrogen-bond donors (Lipinski definition) is 0. The van der Waals surface area contributed by atoms with Crippen molar-refractivity contribution in [1.29, 1.82) is 0 Å². The minimum atomic E-state index is -3.63. The standard InChI is InChI=1S/C19H21N3O4S/c23-18-8-7-16(27(25,26)21-10-3-4-11-21)13-20(18)14-19(24)22-12-9-15-5-1-2-6-17(15)22/h1-2,5-8,13H,3-4,9-12,14H2. The Morgan fingerprint density at radius 1 is 1.00 bits per heavy atom. The molecular formula is C19H21N3O4S. The second-order valence-corrected chi connectivity index (χ2v) is 8.80. The number of fused-ring (bicyclic) bond motifs is 1. The van der Waals surface area contributed by atoms with E-state index in [1.54, 1.807) is 4.90 Å². The van der Waals surface area contributed by atoms with Crippen molar-refractivity contribution < 1.29 is 13.2 Å². The van der Waals surface area contributed by atoms with Crippen molar-refractivity contribution in [2.75, 3.05) is 24.5 Å². The first-order valence-electron chi connectivity index (χ1n) is 9.06. The maximum absolute atomic E-state index is 12.8. The van der Waals surface area contributed by atoms with Crippen LogP contribution in [0.4, 0.5) is 5.69 Å². The Morgan fingerprint density at radius 3 is 2.52 bits per heavy atom. The molecule has 0 radical (unpaired) electrons. The lowest BCUT2D eigenvalue weighted by molar-refractivity contribution is -0.119. The molecule has 0 atom stereocenters. The summed E-state index contributed by atoms with van der Waals surface area (Å²) >= 11 is 0. The van der Waals surface area contributed by atoms with Crippen LogP contribution in [0.25, 0.3) is 0 Å². The molecule has 0 aliphatic carbocycles. The Balaban J connectivity index is 1.59. The highest BCUT2D eigenvalue weighted by molar-refractivity contribution is 7.89. The fourth-order valence-corrected chi connectivity index (χ4v) is 5.23. The lowest BCUT2D eigenvalue weighted by atomic mass is 10.2. The van der Waals surface area contributed by atoms with Crippen LogP contribution in [-0.2, 0) is 27.8 Å². The van der Waals surface area contributed by atoms with Crippen LogP contribution in [0.5, 0.6) is 0 Å². The van der Waals surface area contributed by atoms with Crippen LogP contribution >= 0.6 is 0 Å². The normalized spacial score (nSPS) is 17.3. The van der Waals surface area contributed by atoms with Gasteiger partial charge in [-0.1, -0.05) is 18.2 Å². The molecule has 2 aliphatic rings. The number of nitrogens with zero attached hydrogens (tertiary/aromatic N) is 3. The molecule has 0 saturated carbocycles. The number of pyridine rings is 1. The zero-order chi connectivity index (χ0) is 19.0. The number of aromatic nitrogens is 1. The first-order chi connectivity index (χ1) is 13.0. The fraction of sp³-hybridized carbons (Fsp3) is 0.368. The van der Waals surface area contributed by atoms with Crippen molar-refractivity contribution in [3.63, 3.8) is 0 Å². The van der Waals surface area contributed by atoms with Gasteiger partial charge in [-0.2, -0.15) is 4.31 Å². The summed E-state index contributed by atoms with van der Waals surface area (Å²) in [4.78, 5) is 26.7. The smallest absolute Gasteiger partial charge is 0.251 e. The van der Waals surface area contributed by atoms with Gasteiger partial charge in [-0.25, -0.2) is 8.42 Å². The van der Waals surface area contributed by atoms with Gasteiger partial charge in [0, 0.05) is 37.6 Å². The molecule has 8 heteroatoms. The fourth-order valence-electron chi connectivity index (χ4n) is 3.69. The van der Waals surface area contributed by atoms with E-state index in [2.05, 4.69) is 0 Å². The Hall–Kier alpha value is -2.45. The van der Waals surface area contributed by atoms with Crippen LogP contribution in [-0.4, -0.2) is 42.8 Å². The molecule has 4 rings (SSSR count). The van der Waals surface area contributed by atoms with E-state index in [-0.39, 0.29) is 17.3 Å².